The van der Waals surface area contributed by atoms with Gasteiger partial charge in [0, 0.05) is 29.6 Å². The second kappa shape index (κ2) is 11.3. The number of carbonyl (C=O) groups is 2. The maximum Gasteiger partial charge on any atom is 0.435 e. The third-order valence-corrected chi connectivity index (χ3v) is 8.31. The number of alkyl carbamates (subject to hydrolysis) is 1. The summed E-state index contributed by atoms with van der Waals surface area (Å²) in [6, 6.07) is 1.70. The van der Waals surface area contributed by atoms with Crippen molar-refractivity contribution in [2.45, 2.75) is 94.6 Å². The fourth-order valence-corrected chi connectivity index (χ4v) is 6.27. The molecule has 13 heteroatoms. The number of nitrogens with zero attached hydrogens (tertiary/aromatic N) is 6. The van der Waals surface area contributed by atoms with Gasteiger partial charge < -0.3 is 24.4 Å². The average molecular weight is 598 g/mol. The Morgan fingerprint density at radius 1 is 1.02 bits per heavy atom. The smallest absolute Gasteiger partial charge is 0.435 e. The number of nitrogens with one attached hydrogen (secondary N) is 1. The number of rotatable bonds is 4. The SMILES string of the molecule is C[C@@H]1OCC2(CCN(c3cnc(Sc4ccnc5cnn(C(=O)OC(C)(C)C)c45)cn3)CC2)[C@@H]1NC(=O)OC(C)(C)C. The Morgan fingerprint density at radius 3 is 2.38 bits per heavy atom. The van der Waals surface area contributed by atoms with Gasteiger partial charge in [-0.2, -0.15) is 9.78 Å². The molecule has 5 heterocycles. The van der Waals surface area contributed by atoms with Crippen molar-refractivity contribution >= 4 is 40.8 Å². The van der Waals surface area contributed by atoms with Crippen LogP contribution in [0.1, 0.15) is 61.3 Å². The first-order valence-corrected chi connectivity index (χ1v) is 15.0. The predicted molar refractivity (Wildman–Crippen MR) is 158 cm³/mol. The van der Waals surface area contributed by atoms with Crippen molar-refractivity contribution in [1.82, 2.24) is 30.0 Å². The highest BCUT2D eigenvalue weighted by atomic mass is 32.2. The van der Waals surface area contributed by atoms with Crippen molar-refractivity contribution in [3.8, 4) is 0 Å². The number of hydrogen-bond donors (Lipinski definition) is 1. The van der Waals surface area contributed by atoms with Crippen LogP contribution in [0.25, 0.3) is 11.0 Å². The Morgan fingerprint density at radius 2 is 1.74 bits per heavy atom. The fraction of sp³-hybridized carbons (Fsp3) is 0.586. The summed E-state index contributed by atoms with van der Waals surface area (Å²) in [6.07, 6.45) is 7.35. The molecule has 1 N–H and O–H groups in total. The van der Waals surface area contributed by atoms with Crippen LogP contribution in [-0.4, -0.2) is 80.0 Å². The van der Waals surface area contributed by atoms with E-state index in [4.69, 9.17) is 19.2 Å². The van der Waals surface area contributed by atoms with E-state index in [0.29, 0.717) is 22.7 Å². The van der Waals surface area contributed by atoms with Crippen LogP contribution in [0.5, 0.6) is 0 Å². The van der Waals surface area contributed by atoms with Crippen LogP contribution < -0.4 is 10.2 Å². The molecule has 2 aliphatic rings. The highest BCUT2D eigenvalue weighted by Crippen LogP contribution is 2.43. The first kappa shape index (κ1) is 30.0. The monoisotopic (exact) mass is 597 g/mol. The summed E-state index contributed by atoms with van der Waals surface area (Å²) in [6.45, 7) is 15.1. The molecule has 0 aliphatic carbocycles. The van der Waals surface area contributed by atoms with Crippen molar-refractivity contribution in [2.24, 2.45) is 5.41 Å². The van der Waals surface area contributed by atoms with E-state index >= 15 is 0 Å². The van der Waals surface area contributed by atoms with Crippen molar-refractivity contribution in [2.75, 3.05) is 24.6 Å². The first-order valence-electron chi connectivity index (χ1n) is 14.2. The second-order valence-electron chi connectivity index (χ2n) is 12.9. The Hall–Kier alpha value is -3.45. The van der Waals surface area contributed by atoms with Gasteiger partial charge in [-0.1, -0.05) is 11.8 Å². The Kier molecular flexibility index (Phi) is 8.10. The molecule has 12 nitrogen and oxygen atoms in total. The third kappa shape index (κ3) is 6.62. The molecule has 2 aliphatic heterocycles. The standard InChI is InChI=1S/C29H39N7O5S/c1-18-24(34-25(37)40-27(2,3)4)29(17-39-18)9-12-35(13-10-29)21-15-32-22(16-31-21)42-20-8-11-30-19-14-33-36(23(19)20)26(38)41-28(5,6)7/h8,11,14-16,18,24H,9-10,12-13,17H2,1-7H3,(H,34,37)/t18-,24+/m0/s1. The minimum atomic E-state index is -0.654. The van der Waals surface area contributed by atoms with Crippen molar-refractivity contribution in [1.29, 1.82) is 0 Å². The summed E-state index contributed by atoms with van der Waals surface area (Å²) in [4.78, 5) is 42.0. The quantitative estimate of drug-likeness (QED) is 0.433. The fourth-order valence-electron chi connectivity index (χ4n) is 5.42. The highest BCUT2D eigenvalue weighted by Gasteiger charge is 2.50. The van der Waals surface area contributed by atoms with Gasteiger partial charge in [-0.05, 0) is 67.4 Å². The van der Waals surface area contributed by atoms with Gasteiger partial charge in [0.25, 0.3) is 0 Å². The number of carbonyl (C=O) groups excluding carboxylic acids is 2. The molecule has 42 heavy (non-hydrogen) atoms. The van der Waals surface area contributed by atoms with Crippen LogP contribution in [0.4, 0.5) is 15.4 Å². The average Bonchev–Trinajstić information content (AvgIpc) is 3.46. The first-order chi connectivity index (χ1) is 19.7. The molecular formula is C29H39N7O5S. The number of ether oxygens (including phenoxy) is 3. The van der Waals surface area contributed by atoms with Gasteiger partial charge in [-0.25, -0.2) is 19.6 Å². The number of piperidine rings is 1. The minimum Gasteiger partial charge on any atom is -0.444 e. The molecule has 0 unspecified atom stereocenters. The summed E-state index contributed by atoms with van der Waals surface area (Å²) in [5.74, 6) is 0.788. The summed E-state index contributed by atoms with van der Waals surface area (Å²) in [7, 11) is 0. The maximum absolute atomic E-state index is 12.8. The van der Waals surface area contributed by atoms with E-state index in [1.165, 1.54) is 16.4 Å². The van der Waals surface area contributed by atoms with E-state index in [-0.39, 0.29) is 17.6 Å². The molecule has 5 rings (SSSR count). The number of amides is 1. The van der Waals surface area contributed by atoms with E-state index in [1.54, 1.807) is 24.8 Å². The van der Waals surface area contributed by atoms with Crippen LogP contribution in [0, 0.1) is 5.41 Å². The van der Waals surface area contributed by atoms with Crippen LogP contribution in [-0.2, 0) is 14.2 Å². The maximum atomic E-state index is 12.8. The lowest BCUT2D eigenvalue weighted by atomic mass is 9.73. The van der Waals surface area contributed by atoms with Crippen LogP contribution in [0.2, 0.25) is 0 Å². The summed E-state index contributed by atoms with van der Waals surface area (Å²) in [5, 5.41) is 7.98. The molecule has 3 aromatic heterocycles. The number of aromatic nitrogens is 5. The number of anilines is 1. The normalized spacial score (nSPS) is 20.6. The molecule has 0 aromatic carbocycles. The Labute approximate surface area is 249 Å². The minimum absolute atomic E-state index is 0.0913. The summed E-state index contributed by atoms with van der Waals surface area (Å²) in [5.41, 5.74) is -0.220. The lowest BCUT2D eigenvalue weighted by Crippen LogP contribution is -2.55. The van der Waals surface area contributed by atoms with Crippen molar-refractivity contribution in [3.05, 3.63) is 30.9 Å². The third-order valence-electron chi connectivity index (χ3n) is 7.34. The zero-order valence-electron chi connectivity index (χ0n) is 25.2. The molecule has 0 saturated carbocycles. The zero-order chi connectivity index (χ0) is 30.3. The summed E-state index contributed by atoms with van der Waals surface area (Å²) >= 11 is 1.38. The van der Waals surface area contributed by atoms with E-state index in [9.17, 15) is 9.59 Å². The Balaban J connectivity index is 1.25. The molecule has 1 spiro atoms. The van der Waals surface area contributed by atoms with Crippen LogP contribution in [0.3, 0.4) is 0 Å². The molecule has 0 radical (unpaired) electrons. The van der Waals surface area contributed by atoms with E-state index < -0.39 is 23.4 Å². The van der Waals surface area contributed by atoms with Crippen molar-refractivity contribution in [3.63, 3.8) is 0 Å². The lowest BCUT2D eigenvalue weighted by Gasteiger charge is -2.42. The molecule has 0 bridgehead atoms. The van der Waals surface area contributed by atoms with Crippen LogP contribution >= 0.6 is 11.8 Å². The van der Waals surface area contributed by atoms with Gasteiger partial charge in [0.2, 0.25) is 0 Å². The van der Waals surface area contributed by atoms with Gasteiger partial charge >= 0.3 is 12.2 Å². The molecule has 2 atom stereocenters. The van der Waals surface area contributed by atoms with Crippen molar-refractivity contribution < 1.29 is 23.8 Å². The van der Waals surface area contributed by atoms with Gasteiger partial charge in [-0.15, -0.1) is 0 Å². The largest absolute Gasteiger partial charge is 0.444 e. The van der Waals surface area contributed by atoms with Crippen LogP contribution in [0.15, 0.2) is 40.8 Å². The number of pyridine rings is 1. The number of hydrogen-bond acceptors (Lipinski definition) is 11. The van der Waals surface area contributed by atoms with Gasteiger partial charge in [0.1, 0.15) is 33.1 Å². The molecule has 3 aromatic rings. The lowest BCUT2D eigenvalue weighted by molar-refractivity contribution is 0.0433. The van der Waals surface area contributed by atoms with E-state index in [0.717, 1.165) is 36.6 Å². The summed E-state index contributed by atoms with van der Waals surface area (Å²) < 4.78 is 18.3. The number of fused-ring (bicyclic) bond motifs is 1. The van der Waals surface area contributed by atoms with E-state index in [2.05, 4.69) is 25.3 Å². The zero-order valence-corrected chi connectivity index (χ0v) is 26.0. The van der Waals surface area contributed by atoms with E-state index in [1.807, 2.05) is 54.5 Å². The second-order valence-corrected chi connectivity index (χ2v) is 13.9. The molecule has 2 saturated heterocycles. The molecular weight excluding hydrogens is 558 g/mol. The molecule has 226 valence electrons. The van der Waals surface area contributed by atoms with Gasteiger partial charge in [0.15, 0.2) is 0 Å². The highest BCUT2D eigenvalue weighted by molar-refractivity contribution is 7.99. The molecule has 1 amide bonds. The topological polar surface area (TPSA) is 134 Å². The predicted octanol–water partition coefficient (Wildman–Crippen LogP) is 5.05. The Bertz CT molecular complexity index is 1440. The van der Waals surface area contributed by atoms with Gasteiger partial charge in [0.05, 0.1) is 37.3 Å². The molecule has 2 fully saturated rings. The van der Waals surface area contributed by atoms with Gasteiger partial charge in [-0.3, -0.25) is 4.98 Å².